The summed E-state index contributed by atoms with van der Waals surface area (Å²) >= 11 is 0. The lowest BCUT2D eigenvalue weighted by Gasteiger charge is -2.18. The van der Waals surface area contributed by atoms with Gasteiger partial charge < -0.3 is 18.9 Å². The maximum absolute atomic E-state index is 12.5. The van der Waals surface area contributed by atoms with E-state index in [4.69, 9.17) is 18.9 Å². The highest BCUT2D eigenvalue weighted by molar-refractivity contribution is 5.69. The maximum Gasteiger partial charge on any atom is 0.513 e. The van der Waals surface area contributed by atoms with E-state index in [1.807, 2.05) is 0 Å². The van der Waals surface area contributed by atoms with Gasteiger partial charge in [0.2, 0.25) is 0 Å². The SMILES string of the molecule is CCCCC/C=C\C/C=C\CCCCCCCC(=O)OCC(CCCCC(=O)OC(CCCC)CCCC)COC(=O)Oc1ccc([N+](=O)[O-])cc1. The Balaban J connectivity index is 2.45. The predicted octanol–water partition coefficient (Wildman–Crippen LogP) is 11.9. The molecular formula is C42H67NO9. The molecule has 0 radical (unpaired) electrons. The number of rotatable bonds is 32. The van der Waals surface area contributed by atoms with Crippen molar-refractivity contribution in [1.29, 1.82) is 0 Å². The third-order valence-electron chi connectivity index (χ3n) is 8.80. The first-order valence-electron chi connectivity index (χ1n) is 20.0. The molecule has 1 aromatic carbocycles. The van der Waals surface area contributed by atoms with Crippen molar-refractivity contribution < 1.29 is 38.3 Å². The van der Waals surface area contributed by atoms with Crippen LogP contribution in [0, 0.1) is 16.0 Å². The van der Waals surface area contributed by atoms with Crippen LogP contribution in [-0.2, 0) is 23.8 Å². The summed E-state index contributed by atoms with van der Waals surface area (Å²) in [6.07, 6.45) is 28.6. The first kappa shape index (κ1) is 46.3. The Bertz CT molecular complexity index is 1140. The molecule has 294 valence electrons. The molecule has 0 spiro atoms. The van der Waals surface area contributed by atoms with Gasteiger partial charge in [-0.05, 0) is 76.3 Å². The summed E-state index contributed by atoms with van der Waals surface area (Å²) in [5.41, 5.74) is -0.122. The highest BCUT2D eigenvalue weighted by atomic mass is 16.7. The highest BCUT2D eigenvalue weighted by Crippen LogP contribution is 2.20. The van der Waals surface area contributed by atoms with Gasteiger partial charge in [-0.1, -0.05) is 109 Å². The van der Waals surface area contributed by atoms with Crippen LogP contribution in [0.3, 0.4) is 0 Å². The molecule has 0 amide bonds. The molecule has 1 atom stereocenters. The van der Waals surface area contributed by atoms with Gasteiger partial charge >= 0.3 is 18.1 Å². The third kappa shape index (κ3) is 26.1. The van der Waals surface area contributed by atoms with E-state index in [0.717, 1.165) is 83.5 Å². The summed E-state index contributed by atoms with van der Waals surface area (Å²) in [6, 6.07) is 5.11. The molecule has 0 N–H and O–H groups in total. The number of benzene rings is 1. The second-order valence-corrected chi connectivity index (χ2v) is 13.6. The molecule has 0 fully saturated rings. The van der Waals surface area contributed by atoms with Crippen molar-refractivity contribution >= 4 is 23.8 Å². The highest BCUT2D eigenvalue weighted by Gasteiger charge is 2.18. The van der Waals surface area contributed by atoms with E-state index in [-0.39, 0.29) is 48.6 Å². The molecule has 0 bridgehead atoms. The number of esters is 2. The van der Waals surface area contributed by atoms with Gasteiger partial charge in [0.25, 0.3) is 5.69 Å². The van der Waals surface area contributed by atoms with Gasteiger partial charge in [-0.25, -0.2) is 4.79 Å². The Kier molecular flexibility index (Phi) is 28.5. The molecule has 0 aromatic heterocycles. The summed E-state index contributed by atoms with van der Waals surface area (Å²) in [6.45, 7) is 6.53. The first-order valence-corrected chi connectivity index (χ1v) is 20.0. The zero-order chi connectivity index (χ0) is 38.1. The Morgan fingerprint density at radius 3 is 1.85 bits per heavy atom. The van der Waals surface area contributed by atoms with Crippen molar-refractivity contribution in [2.45, 2.75) is 168 Å². The van der Waals surface area contributed by atoms with Crippen LogP contribution >= 0.6 is 0 Å². The van der Waals surface area contributed by atoms with E-state index in [1.54, 1.807) is 0 Å². The fraction of sp³-hybridized carbons (Fsp3) is 0.690. The maximum atomic E-state index is 12.5. The Morgan fingerprint density at radius 2 is 1.21 bits per heavy atom. The van der Waals surface area contributed by atoms with Crippen molar-refractivity contribution in [2.75, 3.05) is 13.2 Å². The third-order valence-corrected chi connectivity index (χ3v) is 8.80. The number of unbranched alkanes of at least 4 members (excludes halogenated alkanes) is 11. The number of nitro benzene ring substituents is 1. The van der Waals surface area contributed by atoms with E-state index in [0.29, 0.717) is 32.1 Å². The molecule has 10 nitrogen and oxygen atoms in total. The molecular weight excluding hydrogens is 662 g/mol. The number of allylic oxidation sites excluding steroid dienone is 4. The molecule has 0 saturated carbocycles. The summed E-state index contributed by atoms with van der Waals surface area (Å²) < 4.78 is 21.8. The van der Waals surface area contributed by atoms with Gasteiger partial charge in [-0.15, -0.1) is 0 Å². The monoisotopic (exact) mass is 729 g/mol. The molecule has 52 heavy (non-hydrogen) atoms. The molecule has 0 aliphatic rings. The standard InChI is InChI=1S/C42H67NO9/c1-4-7-10-11-12-13-14-15-16-17-18-19-20-21-22-28-40(44)49-34-36(35-50-42(46)52-39-32-30-37(31-33-39)43(47)48)25-23-24-29-41(45)51-38(26-8-5-2)27-9-6-3/h12-13,15-16,30-33,36,38H,4-11,14,17-29,34-35H2,1-3H3/b13-12-,16-15-. The number of carbonyl (C=O) groups is 3. The Labute approximate surface area is 313 Å². The van der Waals surface area contributed by atoms with Crippen LogP contribution in [0.4, 0.5) is 10.5 Å². The number of carbonyl (C=O) groups excluding carboxylic acids is 3. The lowest BCUT2D eigenvalue weighted by Crippen LogP contribution is -2.22. The molecule has 1 rings (SSSR count). The molecule has 10 heteroatoms. The molecule has 0 heterocycles. The smallest absolute Gasteiger partial charge is 0.465 e. The zero-order valence-electron chi connectivity index (χ0n) is 32.4. The van der Waals surface area contributed by atoms with Crippen molar-refractivity contribution in [3.05, 3.63) is 58.7 Å². The molecule has 0 aliphatic heterocycles. The summed E-state index contributed by atoms with van der Waals surface area (Å²) in [7, 11) is 0. The second kappa shape index (κ2) is 32.0. The zero-order valence-corrected chi connectivity index (χ0v) is 32.4. The average Bonchev–Trinajstić information content (AvgIpc) is 3.13. The summed E-state index contributed by atoms with van der Waals surface area (Å²) in [4.78, 5) is 47.8. The van der Waals surface area contributed by atoms with Crippen molar-refractivity contribution in [3.8, 4) is 5.75 Å². The fourth-order valence-electron chi connectivity index (χ4n) is 5.60. The molecule has 1 aromatic rings. The van der Waals surface area contributed by atoms with E-state index in [9.17, 15) is 24.5 Å². The topological polar surface area (TPSA) is 131 Å². The van der Waals surface area contributed by atoms with Crippen LogP contribution in [0.2, 0.25) is 0 Å². The largest absolute Gasteiger partial charge is 0.513 e. The van der Waals surface area contributed by atoms with Gasteiger partial charge in [-0.3, -0.25) is 19.7 Å². The van der Waals surface area contributed by atoms with Gasteiger partial charge in [0.05, 0.1) is 11.5 Å². The number of hydrogen-bond donors (Lipinski definition) is 0. The second-order valence-electron chi connectivity index (χ2n) is 13.6. The number of non-ortho nitro benzene ring substituents is 1. The van der Waals surface area contributed by atoms with Gasteiger partial charge in [0.15, 0.2) is 0 Å². The van der Waals surface area contributed by atoms with Crippen LogP contribution in [0.25, 0.3) is 0 Å². The fourth-order valence-corrected chi connectivity index (χ4v) is 5.60. The lowest BCUT2D eigenvalue weighted by atomic mass is 10.0. The van der Waals surface area contributed by atoms with Gasteiger partial charge in [-0.2, -0.15) is 0 Å². The first-order chi connectivity index (χ1) is 25.3. The van der Waals surface area contributed by atoms with Crippen LogP contribution < -0.4 is 4.74 Å². The van der Waals surface area contributed by atoms with E-state index >= 15 is 0 Å². The van der Waals surface area contributed by atoms with E-state index in [1.165, 1.54) is 49.9 Å². The number of ether oxygens (including phenoxy) is 4. The van der Waals surface area contributed by atoms with Crippen LogP contribution in [-0.4, -0.2) is 42.3 Å². The molecule has 0 saturated heterocycles. The van der Waals surface area contributed by atoms with E-state index < -0.39 is 11.1 Å². The number of hydrogen-bond acceptors (Lipinski definition) is 9. The van der Waals surface area contributed by atoms with Gasteiger partial charge in [0, 0.05) is 30.9 Å². The normalized spacial score (nSPS) is 12.0. The average molecular weight is 730 g/mol. The Morgan fingerprint density at radius 1 is 0.654 bits per heavy atom. The predicted molar refractivity (Wildman–Crippen MR) is 206 cm³/mol. The molecule has 1 unspecified atom stereocenters. The van der Waals surface area contributed by atoms with Crippen LogP contribution in [0.5, 0.6) is 5.75 Å². The minimum absolute atomic E-state index is 0.0331. The minimum Gasteiger partial charge on any atom is -0.465 e. The van der Waals surface area contributed by atoms with Crippen LogP contribution in [0.15, 0.2) is 48.6 Å². The molecule has 0 aliphatic carbocycles. The van der Waals surface area contributed by atoms with Crippen molar-refractivity contribution in [2.24, 2.45) is 5.92 Å². The quantitative estimate of drug-likeness (QED) is 0.0135. The minimum atomic E-state index is -0.955. The van der Waals surface area contributed by atoms with Crippen molar-refractivity contribution in [1.82, 2.24) is 0 Å². The van der Waals surface area contributed by atoms with Crippen LogP contribution in [0.1, 0.15) is 162 Å². The summed E-state index contributed by atoms with van der Waals surface area (Å²) in [5.74, 6) is -0.639. The number of nitrogens with zero attached hydrogens (tertiary/aromatic N) is 1. The lowest BCUT2D eigenvalue weighted by molar-refractivity contribution is -0.384. The van der Waals surface area contributed by atoms with Gasteiger partial charge in [0.1, 0.15) is 18.5 Å². The Hall–Kier alpha value is -3.69. The number of nitro groups is 1. The van der Waals surface area contributed by atoms with E-state index in [2.05, 4.69) is 45.1 Å². The van der Waals surface area contributed by atoms with Crippen molar-refractivity contribution in [3.63, 3.8) is 0 Å². The summed E-state index contributed by atoms with van der Waals surface area (Å²) in [5, 5.41) is 10.9.